The van der Waals surface area contributed by atoms with Gasteiger partial charge in [0, 0.05) is 28.7 Å². The molecular formula is C17H12FNO2. The van der Waals surface area contributed by atoms with Gasteiger partial charge in [-0.15, -0.1) is 0 Å². The Bertz CT molecular complexity index is 849. The molecule has 21 heavy (non-hydrogen) atoms. The zero-order valence-corrected chi connectivity index (χ0v) is 11.0. The number of carboxylic acid groups (broad SMARTS) is 1. The van der Waals surface area contributed by atoms with E-state index < -0.39 is 5.97 Å². The van der Waals surface area contributed by atoms with Crippen LogP contribution in [0.3, 0.4) is 0 Å². The van der Waals surface area contributed by atoms with Gasteiger partial charge in [0.2, 0.25) is 0 Å². The van der Waals surface area contributed by atoms with Gasteiger partial charge in [0.15, 0.2) is 0 Å². The van der Waals surface area contributed by atoms with Gasteiger partial charge < -0.3 is 10.1 Å². The molecule has 0 aliphatic carbocycles. The van der Waals surface area contributed by atoms with Gasteiger partial charge in [-0.25, -0.2) is 9.18 Å². The van der Waals surface area contributed by atoms with Gasteiger partial charge in [-0.1, -0.05) is 18.2 Å². The highest BCUT2D eigenvalue weighted by molar-refractivity contribution is 5.95. The van der Waals surface area contributed by atoms with Crippen LogP contribution in [0.4, 0.5) is 4.39 Å². The Morgan fingerprint density at radius 1 is 1.14 bits per heavy atom. The van der Waals surface area contributed by atoms with Crippen LogP contribution in [0.2, 0.25) is 0 Å². The van der Waals surface area contributed by atoms with Crippen molar-refractivity contribution in [1.82, 2.24) is 4.98 Å². The summed E-state index contributed by atoms with van der Waals surface area (Å²) in [6, 6.07) is 12.1. The van der Waals surface area contributed by atoms with Crippen LogP contribution in [0.1, 0.15) is 5.56 Å². The summed E-state index contributed by atoms with van der Waals surface area (Å²) in [4.78, 5) is 13.7. The van der Waals surface area contributed by atoms with Crippen LogP contribution in [0, 0.1) is 5.82 Å². The van der Waals surface area contributed by atoms with Gasteiger partial charge in [-0.05, 0) is 41.5 Å². The molecule has 4 heteroatoms. The van der Waals surface area contributed by atoms with Crippen molar-refractivity contribution in [2.24, 2.45) is 0 Å². The summed E-state index contributed by atoms with van der Waals surface area (Å²) in [5.74, 6) is -1.28. The van der Waals surface area contributed by atoms with Crippen molar-refractivity contribution in [2.45, 2.75) is 0 Å². The maximum atomic E-state index is 13.3. The number of benzene rings is 2. The molecule has 1 heterocycles. The number of nitrogens with one attached hydrogen (secondary N) is 1. The largest absolute Gasteiger partial charge is 0.478 e. The zero-order valence-electron chi connectivity index (χ0n) is 11.0. The van der Waals surface area contributed by atoms with E-state index in [1.807, 2.05) is 24.3 Å². The molecule has 2 N–H and O–H groups in total. The van der Waals surface area contributed by atoms with E-state index in [2.05, 4.69) is 4.98 Å². The second-order valence-electron chi connectivity index (χ2n) is 4.69. The molecule has 0 saturated heterocycles. The van der Waals surface area contributed by atoms with Crippen LogP contribution in [0.15, 0.2) is 54.7 Å². The van der Waals surface area contributed by atoms with Gasteiger partial charge >= 0.3 is 5.97 Å². The van der Waals surface area contributed by atoms with Crippen molar-refractivity contribution in [3.63, 3.8) is 0 Å². The lowest BCUT2D eigenvalue weighted by atomic mass is 10.0. The van der Waals surface area contributed by atoms with Crippen LogP contribution >= 0.6 is 0 Å². The standard InChI is InChI=1S/C17H12FNO2/c18-14-3-1-2-11(8-14)12-4-6-16-15(9-12)13(10-19-16)5-7-17(20)21/h1-10,19H,(H,20,21)/b7-5-. The van der Waals surface area contributed by atoms with Crippen molar-refractivity contribution in [3.05, 3.63) is 66.1 Å². The number of fused-ring (bicyclic) bond motifs is 1. The first-order valence-corrected chi connectivity index (χ1v) is 6.41. The fraction of sp³-hybridized carbons (Fsp3) is 0. The normalized spacial score (nSPS) is 11.3. The molecule has 3 aromatic rings. The first-order valence-electron chi connectivity index (χ1n) is 6.41. The zero-order chi connectivity index (χ0) is 14.8. The SMILES string of the molecule is O=C(O)/C=C\c1c[nH]c2ccc(-c3cccc(F)c3)cc12. The third-order valence-corrected chi connectivity index (χ3v) is 3.28. The number of aliphatic carboxylic acids is 1. The van der Waals surface area contributed by atoms with Crippen LogP contribution in [0.5, 0.6) is 0 Å². The Hall–Kier alpha value is -2.88. The highest BCUT2D eigenvalue weighted by Crippen LogP contribution is 2.27. The maximum absolute atomic E-state index is 13.3. The summed E-state index contributed by atoms with van der Waals surface area (Å²) in [5.41, 5.74) is 3.35. The van der Waals surface area contributed by atoms with E-state index in [1.165, 1.54) is 18.2 Å². The molecule has 104 valence electrons. The van der Waals surface area contributed by atoms with E-state index in [0.29, 0.717) is 0 Å². The summed E-state index contributed by atoms with van der Waals surface area (Å²) in [6.45, 7) is 0. The average molecular weight is 281 g/mol. The molecule has 0 aliphatic rings. The molecule has 0 amide bonds. The molecule has 0 atom stereocenters. The van der Waals surface area contributed by atoms with E-state index in [0.717, 1.165) is 33.7 Å². The van der Waals surface area contributed by atoms with Gasteiger partial charge in [-0.3, -0.25) is 0 Å². The van der Waals surface area contributed by atoms with Crippen LogP contribution in [0.25, 0.3) is 28.1 Å². The lowest BCUT2D eigenvalue weighted by molar-refractivity contribution is -0.131. The minimum absolute atomic E-state index is 0.285. The number of carbonyl (C=O) groups is 1. The third-order valence-electron chi connectivity index (χ3n) is 3.28. The molecule has 3 rings (SSSR count). The first-order chi connectivity index (χ1) is 10.1. The van der Waals surface area contributed by atoms with Crippen molar-refractivity contribution < 1.29 is 14.3 Å². The Kier molecular flexibility index (Phi) is 3.28. The molecule has 0 spiro atoms. The van der Waals surface area contributed by atoms with Crippen LogP contribution in [-0.2, 0) is 4.79 Å². The number of carboxylic acids is 1. The van der Waals surface area contributed by atoms with Crippen LogP contribution in [-0.4, -0.2) is 16.1 Å². The lowest BCUT2D eigenvalue weighted by Crippen LogP contribution is -1.85. The average Bonchev–Trinajstić information content (AvgIpc) is 2.87. The molecule has 0 saturated carbocycles. The maximum Gasteiger partial charge on any atom is 0.328 e. The summed E-state index contributed by atoms with van der Waals surface area (Å²) < 4.78 is 13.3. The van der Waals surface area contributed by atoms with Crippen molar-refractivity contribution in [1.29, 1.82) is 0 Å². The molecule has 0 radical (unpaired) electrons. The molecule has 0 fully saturated rings. The molecule has 0 aliphatic heterocycles. The molecular weight excluding hydrogens is 269 g/mol. The predicted molar refractivity (Wildman–Crippen MR) is 80.4 cm³/mol. The monoisotopic (exact) mass is 281 g/mol. The lowest BCUT2D eigenvalue weighted by Gasteiger charge is -2.03. The first kappa shape index (κ1) is 13.1. The highest BCUT2D eigenvalue weighted by atomic mass is 19.1. The van der Waals surface area contributed by atoms with E-state index in [1.54, 1.807) is 12.3 Å². The van der Waals surface area contributed by atoms with Crippen molar-refractivity contribution >= 4 is 22.9 Å². The van der Waals surface area contributed by atoms with Crippen molar-refractivity contribution in [2.75, 3.05) is 0 Å². The number of hydrogen-bond donors (Lipinski definition) is 2. The van der Waals surface area contributed by atoms with E-state index in [4.69, 9.17) is 5.11 Å². The summed E-state index contributed by atoms with van der Waals surface area (Å²) in [6.07, 6.45) is 4.38. The molecule has 0 unspecified atom stereocenters. The quantitative estimate of drug-likeness (QED) is 0.711. The Balaban J connectivity index is 2.10. The summed E-state index contributed by atoms with van der Waals surface area (Å²) >= 11 is 0. The minimum Gasteiger partial charge on any atom is -0.478 e. The van der Waals surface area contributed by atoms with Gasteiger partial charge in [0.25, 0.3) is 0 Å². The molecule has 0 bridgehead atoms. The van der Waals surface area contributed by atoms with E-state index >= 15 is 0 Å². The van der Waals surface area contributed by atoms with E-state index in [-0.39, 0.29) is 5.82 Å². The second kappa shape index (κ2) is 5.25. The van der Waals surface area contributed by atoms with Gasteiger partial charge in [-0.2, -0.15) is 0 Å². The Morgan fingerprint density at radius 3 is 2.71 bits per heavy atom. The highest BCUT2D eigenvalue weighted by Gasteiger charge is 2.05. The fourth-order valence-corrected chi connectivity index (χ4v) is 2.29. The number of rotatable bonds is 3. The fourth-order valence-electron chi connectivity index (χ4n) is 2.29. The number of halogens is 1. The summed E-state index contributed by atoms with van der Waals surface area (Å²) in [5, 5.41) is 9.61. The molecule has 1 aromatic heterocycles. The Labute approximate surface area is 120 Å². The molecule has 3 nitrogen and oxygen atoms in total. The minimum atomic E-state index is -0.995. The number of aromatic amines is 1. The number of H-pyrrole nitrogens is 1. The van der Waals surface area contributed by atoms with Crippen molar-refractivity contribution in [3.8, 4) is 11.1 Å². The molecule has 2 aromatic carbocycles. The van der Waals surface area contributed by atoms with Gasteiger partial charge in [0.1, 0.15) is 5.82 Å². The third kappa shape index (κ3) is 2.69. The number of hydrogen-bond acceptors (Lipinski definition) is 1. The van der Waals surface area contributed by atoms with Gasteiger partial charge in [0.05, 0.1) is 0 Å². The number of aromatic nitrogens is 1. The summed E-state index contributed by atoms with van der Waals surface area (Å²) in [7, 11) is 0. The van der Waals surface area contributed by atoms with Crippen LogP contribution < -0.4 is 0 Å². The second-order valence-corrected chi connectivity index (χ2v) is 4.69. The Morgan fingerprint density at radius 2 is 1.95 bits per heavy atom. The van der Waals surface area contributed by atoms with E-state index in [9.17, 15) is 9.18 Å². The predicted octanol–water partition coefficient (Wildman–Crippen LogP) is 4.07. The topological polar surface area (TPSA) is 53.1 Å². The smallest absolute Gasteiger partial charge is 0.328 e.